The van der Waals surface area contributed by atoms with E-state index in [0.717, 1.165) is 23.1 Å². The molecule has 0 radical (unpaired) electrons. The van der Waals surface area contributed by atoms with Gasteiger partial charge in [0.05, 0.1) is 4.34 Å². The minimum absolute atomic E-state index is 0.0110. The predicted octanol–water partition coefficient (Wildman–Crippen LogP) is 3.61. The summed E-state index contributed by atoms with van der Waals surface area (Å²) < 4.78 is 29.2. The molecule has 1 N–H and O–H groups in total. The third-order valence-corrected chi connectivity index (χ3v) is 8.02. The minimum Gasteiger partial charge on any atom is -0.326 e. The molecule has 3 rings (SSSR count). The molecular weight excluding hydrogens is 454 g/mol. The molecule has 2 aromatic rings. The SMILES string of the molecule is C=CCN1C(=O)C(CC(=O)Nc2ccccc2)SC1=NS(=O)(=O)c1ccc(Cl)s1. The van der Waals surface area contributed by atoms with E-state index < -0.39 is 21.2 Å². The number of hydrogen-bond donors (Lipinski definition) is 1. The Hall–Kier alpha value is -2.14. The van der Waals surface area contributed by atoms with E-state index in [0.29, 0.717) is 10.0 Å². The number of nitrogens with zero attached hydrogens (tertiary/aromatic N) is 2. The van der Waals surface area contributed by atoms with Gasteiger partial charge in [-0.3, -0.25) is 14.5 Å². The van der Waals surface area contributed by atoms with Gasteiger partial charge in [-0.05, 0) is 24.3 Å². The second-order valence-electron chi connectivity index (χ2n) is 5.87. The monoisotopic (exact) mass is 469 g/mol. The first kappa shape index (κ1) is 21.6. The van der Waals surface area contributed by atoms with E-state index in [1.165, 1.54) is 23.1 Å². The number of carbonyl (C=O) groups excluding carboxylic acids is 2. The first-order valence-corrected chi connectivity index (χ1v) is 11.9. The molecule has 0 saturated carbocycles. The molecule has 11 heteroatoms. The van der Waals surface area contributed by atoms with Crippen LogP contribution in [0.2, 0.25) is 4.34 Å². The highest BCUT2D eigenvalue weighted by atomic mass is 35.5. The van der Waals surface area contributed by atoms with Crippen molar-refractivity contribution in [3.63, 3.8) is 0 Å². The van der Waals surface area contributed by atoms with E-state index in [1.54, 1.807) is 24.3 Å². The quantitative estimate of drug-likeness (QED) is 0.625. The summed E-state index contributed by atoms with van der Waals surface area (Å²) in [5.41, 5.74) is 0.613. The third kappa shape index (κ3) is 5.27. The van der Waals surface area contributed by atoms with Crippen molar-refractivity contribution in [2.75, 3.05) is 11.9 Å². The molecule has 1 unspecified atom stereocenters. The Labute approximate surface area is 181 Å². The average molecular weight is 470 g/mol. The smallest absolute Gasteiger partial charge is 0.294 e. The number of thiophene rings is 1. The van der Waals surface area contributed by atoms with Crippen LogP contribution in [-0.4, -0.2) is 42.1 Å². The molecule has 7 nitrogen and oxygen atoms in total. The average Bonchev–Trinajstić information content (AvgIpc) is 3.22. The van der Waals surface area contributed by atoms with Crippen molar-refractivity contribution in [1.82, 2.24) is 4.90 Å². The lowest BCUT2D eigenvalue weighted by molar-refractivity contribution is -0.127. The van der Waals surface area contributed by atoms with E-state index >= 15 is 0 Å². The number of sulfonamides is 1. The van der Waals surface area contributed by atoms with Gasteiger partial charge in [0.2, 0.25) is 11.8 Å². The van der Waals surface area contributed by atoms with Crippen LogP contribution in [0.3, 0.4) is 0 Å². The molecule has 1 fully saturated rings. The summed E-state index contributed by atoms with van der Waals surface area (Å²) in [7, 11) is -4.03. The summed E-state index contributed by atoms with van der Waals surface area (Å²) in [5, 5.41) is 1.95. The largest absolute Gasteiger partial charge is 0.326 e. The Kier molecular flexibility index (Phi) is 6.78. The number of amidine groups is 1. The second-order valence-corrected chi connectivity index (χ2v) is 10.6. The van der Waals surface area contributed by atoms with Gasteiger partial charge in [0, 0.05) is 18.7 Å². The first-order valence-electron chi connectivity index (χ1n) is 8.34. The van der Waals surface area contributed by atoms with Gasteiger partial charge in [-0.15, -0.1) is 22.3 Å². The second kappa shape index (κ2) is 9.12. The highest BCUT2D eigenvalue weighted by Crippen LogP contribution is 2.33. The number of rotatable bonds is 7. The summed E-state index contributed by atoms with van der Waals surface area (Å²) in [6, 6.07) is 11.7. The fraction of sp³-hybridized carbons (Fsp3) is 0.167. The van der Waals surface area contributed by atoms with Gasteiger partial charge in [-0.2, -0.15) is 8.42 Å². The van der Waals surface area contributed by atoms with Gasteiger partial charge in [0.15, 0.2) is 5.17 Å². The molecule has 1 aromatic carbocycles. The van der Waals surface area contributed by atoms with Crippen molar-refractivity contribution in [3.05, 3.63) is 59.5 Å². The van der Waals surface area contributed by atoms with Crippen LogP contribution in [0.1, 0.15) is 6.42 Å². The van der Waals surface area contributed by atoms with Crippen LogP contribution in [-0.2, 0) is 19.6 Å². The van der Waals surface area contributed by atoms with Crippen molar-refractivity contribution >= 4 is 67.4 Å². The van der Waals surface area contributed by atoms with Crippen molar-refractivity contribution in [2.24, 2.45) is 4.40 Å². The van der Waals surface area contributed by atoms with Crippen molar-refractivity contribution < 1.29 is 18.0 Å². The summed E-state index contributed by atoms with van der Waals surface area (Å²) >= 11 is 7.63. The normalized spacial score (nSPS) is 18.2. The number of benzene rings is 1. The van der Waals surface area contributed by atoms with Crippen LogP contribution in [0.5, 0.6) is 0 Å². The Balaban J connectivity index is 1.79. The molecule has 1 aliphatic rings. The Morgan fingerprint density at radius 3 is 2.62 bits per heavy atom. The number of halogens is 1. The third-order valence-electron chi connectivity index (χ3n) is 3.76. The summed E-state index contributed by atoms with van der Waals surface area (Å²) in [6.07, 6.45) is 1.35. The van der Waals surface area contributed by atoms with Crippen LogP contribution in [0.4, 0.5) is 5.69 Å². The van der Waals surface area contributed by atoms with Gasteiger partial charge in [-0.1, -0.05) is 47.6 Å². The summed E-state index contributed by atoms with van der Waals surface area (Å²) in [5.74, 6) is -0.744. The van der Waals surface area contributed by atoms with Crippen molar-refractivity contribution in [1.29, 1.82) is 0 Å². The van der Waals surface area contributed by atoms with E-state index in [4.69, 9.17) is 11.6 Å². The topological polar surface area (TPSA) is 95.9 Å². The molecule has 1 aliphatic heterocycles. The van der Waals surface area contributed by atoms with E-state index in [2.05, 4.69) is 16.3 Å². The van der Waals surface area contributed by atoms with Gasteiger partial charge >= 0.3 is 0 Å². The van der Waals surface area contributed by atoms with E-state index in [1.807, 2.05) is 6.07 Å². The van der Waals surface area contributed by atoms with Gasteiger partial charge in [0.25, 0.3) is 10.0 Å². The number of carbonyl (C=O) groups is 2. The van der Waals surface area contributed by atoms with E-state index in [9.17, 15) is 18.0 Å². The van der Waals surface area contributed by atoms with Crippen LogP contribution < -0.4 is 5.32 Å². The van der Waals surface area contributed by atoms with Crippen LogP contribution >= 0.6 is 34.7 Å². The predicted molar refractivity (Wildman–Crippen MR) is 117 cm³/mol. The summed E-state index contributed by atoms with van der Waals surface area (Å²) in [4.78, 5) is 26.2. The molecule has 1 saturated heterocycles. The molecule has 1 atom stereocenters. The minimum atomic E-state index is -4.03. The first-order chi connectivity index (χ1) is 13.8. The fourth-order valence-corrected chi connectivity index (χ4v) is 6.32. The maximum atomic E-state index is 12.7. The molecule has 29 heavy (non-hydrogen) atoms. The Bertz CT molecular complexity index is 1070. The van der Waals surface area contributed by atoms with Crippen molar-refractivity contribution in [3.8, 4) is 0 Å². The highest BCUT2D eigenvalue weighted by molar-refractivity contribution is 8.16. The molecular formula is C18H16ClN3O4S3. The van der Waals surface area contributed by atoms with Crippen molar-refractivity contribution in [2.45, 2.75) is 15.9 Å². The zero-order valence-corrected chi connectivity index (χ0v) is 18.2. The zero-order valence-electron chi connectivity index (χ0n) is 14.9. The number of amides is 2. The van der Waals surface area contributed by atoms with E-state index in [-0.39, 0.29) is 28.2 Å². The molecule has 0 spiro atoms. The fourth-order valence-electron chi connectivity index (χ4n) is 2.49. The van der Waals surface area contributed by atoms with Gasteiger partial charge < -0.3 is 5.32 Å². The number of para-hydroxylation sites is 1. The maximum Gasteiger partial charge on any atom is 0.294 e. The maximum absolute atomic E-state index is 12.7. The zero-order chi connectivity index (χ0) is 21.0. The molecule has 1 aromatic heterocycles. The molecule has 2 heterocycles. The van der Waals surface area contributed by atoms with Crippen LogP contribution in [0.15, 0.2) is 63.7 Å². The van der Waals surface area contributed by atoms with Gasteiger partial charge in [0.1, 0.15) is 9.46 Å². The molecule has 0 aliphatic carbocycles. The number of anilines is 1. The van der Waals surface area contributed by atoms with Crippen LogP contribution in [0.25, 0.3) is 0 Å². The number of nitrogens with one attached hydrogen (secondary N) is 1. The Morgan fingerprint density at radius 2 is 2.00 bits per heavy atom. The lowest BCUT2D eigenvalue weighted by atomic mass is 10.2. The highest BCUT2D eigenvalue weighted by Gasteiger charge is 2.39. The molecule has 152 valence electrons. The standard InChI is InChI=1S/C18H16ClN3O4S3/c1-2-10-22-17(24)13(11-15(23)20-12-6-4-3-5-7-12)27-18(22)21-29(25,26)16-9-8-14(19)28-16/h2-9,13H,1,10-11H2,(H,20,23). The lowest BCUT2D eigenvalue weighted by Gasteiger charge is -2.13. The van der Waals surface area contributed by atoms with Gasteiger partial charge in [-0.25, -0.2) is 0 Å². The molecule has 2 amide bonds. The Morgan fingerprint density at radius 1 is 1.28 bits per heavy atom. The molecule has 0 bridgehead atoms. The van der Waals surface area contributed by atoms with Crippen LogP contribution in [0, 0.1) is 0 Å². The number of thioether (sulfide) groups is 1. The lowest BCUT2D eigenvalue weighted by Crippen LogP contribution is -2.33. The number of hydrogen-bond acceptors (Lipinski definition) is 6. The summed E-state index contributed by atoms with van der Waals surface area (Å²) in [6.45, 7) is 3.68.